The summed E-state index contributed by atoms with van der Waals surface area (Å²) in [6, 6.07) is 70.9. The number of aryl methyl sites for hydroxylation is 4. The molecule has 4 heterocycles. The molecule has 0 radical (unpaired) electrons. The van der Waals surface area contributed by atoms with Crippen LogP contribution in [0.25, 0.3) is 67.8 Å². The van der Waals surface area contributed by atoms with Gasteiger partial charge in [-0.3, -0.25) is 21.7 Å². The van der Waals surface area contributed by atoms with Gasteiger partial charge >= 0.3 is 29.8 Å². The number of hydrogen-bond acceptors (Lipinski definition) is 20. The van der Waals surface area contributed by atoms with Crippen LogP contribution in [0, 0.1) is 45.1 Å². The first-order chi connectivity index (χ1) is 62.9. The zero-order valence-corrected chi connectivity index (χ0v) is 70.8. The van der Waals surface area contributed by atoms with Gasteiger partial charge < -0.3 is 40.9 Å². The summed E-state index contributed by atoms with van der Waals surface area (Å²) in [5, 5.41) is 111. The summed E-state index contributed by atoms with van der Waals surface area (Å²) >= 11 is 12.4. The number of carbonyl (C=O) groups is 5. The minimum absolute atomic E-state index is 0.0525. The van der Waals surface area contributed by atoms with Gasteiger partial charge in [-0.15, -0.1) is 0 Å². The number of nitrogens with zero attached hydrogens (tertiary/aromatic N) is 12. The molecule has 0 saturated carbocycles. The van der Waals surface area contributed by atoms with Gasteiger partial charge in [0.15, 0.2) is 17.5 Å². The largest absolute Gasteiger partial charge is 0.508 e. The third-order valence-electron chi connectivity index (χ3n) is 19.6. The lowest BCUT2D eigenvalue weighted by Crippen LogP contribution is -2.02. The van der Waals surface area contributed by atoms with E-state index in [1.165, 1.54) is 90.6 Å². The van der Waals surface area contributed by atoms with E-state index in [0.29, 0.717) is 83.5 Å². The summed E-state index contributed by atoms with van der Waals surface area (Å²) in [5.41, 5.74) is 27.0. The van der Waals surface area contributed by atoms with Gasteiger partial charge in [0.1, 0.15) is 45.7 Å². The fraction of sp³-hybridized carbons (Fsp3) is 0.0412. The van der Waals surface area contributed by atoms with Gasteiger partial charge in [0.2, 0.25) is 0 Å². The topological polar surface area (TPSA) is 416 Å². The molecule has 0 fully saturated rings. The highest BCUT2D eigenvalue weighted by Crippen LogP contribution is 2.33. The number of benzene rings is 12. The highest BCUT2D eigenvalue weighted by Gasteiger charge is 2.21. The smallest absolute Gasteiger partial charge is 0.335 e. The van der Waals surface area contributed by atoms with E-state index in [1.807, 2.05) is 75.4 Å². The number of aromatic hydroxyl groups is 3. The average Bonchev–Trinajstić information content (AvgIpc) is 1.37. The number of nitrogens with one attached hydrogen (secondary N) is 4. The zero-order valence-electron chi connectivity index (χ0n) is 69.3. The van der Waals surface area contributed by atoms with E-state index in [1.54, 1.807) is 185 Å². The van der Waals surface area contributed by atoms with Crippen molar-refractivity contribution in [2.75, 3.05) is 21.7 Å². The highest BCUT2D eigenvalue weighted by molar-refractivity contribution is 6.33. The molecule has 0 amide bonds. The monoisotopic (exact) mass is 1800 g/mol. The average molecular weight is 1800 g/mol. The van der Waals surface area contributed by atoms with E-state index in [0.717, 1.165) is 56.4 Å². The van der Waals surface area contributed by atoms with Gasteiger partial charge in [-0.2, -0.15) is 40.8 Å². The van der Waals surface area contributed by atoms with Crippen molar-refractivity contribution in [3.63, 3.8) is 0 Å². The molecule has 0 aliphatic carbocycles. The molecule has 34 heteroatoms. The fourth-order valence-electron chi connectivity index (χ4n) is 12.5. The fourth-order valence-corrected chi connectivity index (χ4v) is 13.0. The molecule has 131 heavy (non-hydrogen) atoms. The van der Waals surface area contributed by atoms with Crippen molar-refractivity contribution in [3.8, 4) is 85.0 Å². The Morgan fingerprint density at radius 1 is 0.321 bits per heavy atom. The predicted molar refractivity (Wildman–Crippen MR) is 495 cm³/mol. The van der Waals surface area contributed by atoms with E-state index in [4.69, 9.17) is 48.7 Å². The molecule has 29 nitrogen and oxygen atoms in total. The first-order valence-corrected chi connectivity index (χ1v) is 40.1. The first-order valence-electron chi connectivity index (χ1n) is 39.3. The normalized spacial score (nSPS) is 11.1. The standard InChI is InChI=1S/C25H20N4O4.2C24H19ClN4O3.C24H17F3N4O3/c1-16-2-10-21(11-3-16)27-26-14-20-15-29(22-12-8-19(9-13-22)25(32)33)28-23(20)17-4-6-18(7-5-17)24(30)31;1-15-2-11-22(21(25)12-15)27-26-13-18-14-29(19-7-3-17(4-8-19)24(31)32)28-23(18)16-5-9-20(30)10-6-16;1-15-2-7-19(12-22(15)25)27-26-13-18-14-29(20-8-3-17(4-9-20)24(31)32)28-23(18)16-5-10-21(30)11-6-16;1-13-10-19(25)21(27)23(20(13)26)29-28-11-16-12-31(17-6-2-15(3-7-17)24(33)34)30-22(16)14-4-8-18(32)9-5-14/h2-15,27H,1H3,(H,30,31)(H,32,33);2*2-14,27,30H,1H3,(H,31,32);2-12,29,32H,1H3,(H,33,34)/b26-14+;2*26-13+;28-11+. The van der Waals surface area contributed by atoms with Crippen LogP contribution in [0.3, 0.4) is 0 Å². The second-order valence-electron chi connectivity index (χ2n) is 28.9. The zero-order chi connectivity index (χ0) is 93.1. The summed E-state index contributed by atoms with van der Waals surface area (Å²) in [7, 11) is 0. The van der Waals surface area contributed by atoms with Gasteiger partial charge in [-0.1, -0.05) is 65.2 Å². The number of hydrogen-bond donors (Lipinski definition) is 12. The van der Waals surface area contributed by atoms with Crippen LogP contribution in [0.2, 0.25) is 10.0 Å². The van der Waals surface area contributed by atoms with E-state index >= 15 is 0 Å². The number of aromatic nitrogens is 8. The number of phenolic OH excluding ortho intramolecular Hbond substituents is 3. The lowest BCUT2D eigenvalue weighted by atomic mass is 10.1. The summed E-state index contributed by atoms with van der Waals surface area (Å²) in [4.78, 5) is 55.7. The van der Waals surface area contributed by atoms with Crippen LogP contribution >= 0.6 is 23.2 Å². The Morgan fingerprint density at radius 2 is 0.618 bits per heavy atom. The van der Waals surface area contributed by atoms with Crippen molar-refractivity contribution in [2.45, 2.75) is 27.7 Å². The van der Waals surface area contributed by atoms with Crippen molar-refractivity contribution < 1.29 is 78.0 Å². The number of anilines is 4. The van der Waals surface area contributed by atoms with Crippen molar-refractivity contribution in [2.24, 2.45) is 20.4 Å². The van der Waals surface area contributed by atoms with Crippen molar-refractivity contribution in [1.82, 2.24) is 39.1 Å². The highest BCUT2D eigenvalue weighted by atomic mass is 35.5. The van der Waals surface area contributed by atoms with Crippen LogP contribution in [-0.2, 0) is 0 Å². The maximum absolute atomic E-state index is 14.2. The maximum atomic E-state index is 14.2. The number of carboxylic acids is 5. The molecular formula is C97H75Cl2F3N16O13. The second kappa shape index (κ2) is 41.5. The Hall–Kier alpha value is -17.5. The van der Waals surface area contributed by atoms with Crippen LogP contribution in [0.4, 0.5) is 35.9 Å². The Kier molecular flexibility index (Phi) is 28.9. The molecule has 16 rings (SSSR count). The summed E-state index contributed by atoms with van der Waals surface area (Å²) in [6.45, 7) is 7.19. The van der Waals surface area contributed by atoms with Crippen molar-refractivity contribution in [3.05, 3.63) is 385 Å². The minimum atomic E-state index is -1.40. The maximum Gasteiger partial charge on any atom is 0.335 e. The molecule has 12 aromatic carbocycles. The third kappa shape index (κ3) is 23.4. The predicted octanol–water partition coefficient (Wildman–Crippen LogP) is 20.5. The van der Waals surface area contributed by atoms with Crippen LogP contribution in [0.1, 0.15) is 96.3 Å². The number of phenols is 3. The van der Waals surface area contributed by atoms with E-state index < -0.39 is 53.0 Å². The molecule has 0 saturated heterocycles. The van der Waals surface area contributed by atoms with Gasteiger partial charge in [-0.25, -0.2) is 55.9 Å². The summed E-state index contributed by atoms with van der Waals surface area (Å²) < 4.78 is 48.3. The molecule has 0 spiro atoms. The molecule has 0 aliphatic heterocycles. The lowest BCUT2D eigenvalue weighted by Gasteiger charge is -2.07. The summed E-state index contributed by atoms with van der Waals surface area (Å²) in [6.07, 6.45) is 13.1. The van der Waals surface area contributed by atoms with Gasteiger partial charge in [0, 0.05) is 74.3 Å². The molecule has 0 aliphatic rings. The minimum Gasteiger partial charge on any atom is -0.508 e. The first kappa shape index (κ1) is 91.2. The van der Waals surface area contributed by atoms with Crippen molar-refractivity contribution in [1.29, 1.82) is 0 Å². The van der Waals surface area contributed by atoms with Crippen LogP contribution in [0.5, 0.6) is 17.2 Å². The third-order valence-corrected chi connectivity index (χ3v) is 20.3. The van der Waals surface area contributed by atoms with Gasteiger partial charge in [0.05, 0.1) is 97.5 Å². The van der Waals surface area contributed by atoms with Crippen LogP contribution in [0.15, 0.2) is 306 Å². The quantitative estimate of drug-likeness (QED) is 0.0144. The molecule has 16 aromatic rings. The molecule has 4 aromatic heterocycles. The molecule has 0 unspecified atom stereocenters. The Labute approximate surface area is 753 Å². The Bertz CT molecular complexity index is 6970. The molecular weight excluding hydrogens is 1730 g/mol. The van der Waals surface area contributed by atoms with Crippen LogP contribution < -0.4 is 21.7 Å². The second-order valence-corrected chi connectivity index (χ2v) is 29.7. The van der Waals surface area contributed by atoms with E-state index in [-0.39, 0.29) is 50.6 Å². The number of carboxylic acid groups (broad SMARTS) is 5. The molecule has 12 N–H and O–H groups in total. The number of rotatable bonds is 25. The van der Waals surface area contributed by atoms with Crippen molar-refractivity contribution >= 4 is 101 Å². The number of halogens is 5. The SMILES string of the molecule is Cc1cc(F)c(F)c(N/N=C/c2cn(-c3ccc(C(=O)O)cc3)nc2-c2ccc(O)cc2)c1F.Cc1ccc(N/N=C/c2cn(-c3ccc(C(=O)O)cc3)nc2-c2ccc(C(=O)O)cc2)cc1.Cc1ccc(N/N=C/c2cn(-c3ccc(C(=O)O)cc3)nc2-c2ccc(O)cc2)c(Cl)c1.Cc1ccc(N/N=C/c2cn(-c3ccc(C(=O)O)cc3)nc2-c2ccc(O)cc2)cc1Cl. The molecule has 656 valence electrons. The number of hydrazone groups is 4. The number of aromatic carboxylic acids is 5. The summed E-state index contributed by atoms with van der Waals surface area (Å²) in [5.74, 6) is -8.26. The van der Waals surface area contributed by atoms with E-state index in [9.17, 15) is 52.5 Å². The Morgan fingerprint density at radius 3 is 0.947 bits per heavy atom. The molecule has 0 atom stereocenters. The molecule has 0 bridgehead atoms. The van der Waals surface area contributed by atoms with Crippen LogP contribution in [-0.4, -0.2) is 135 Å². The van der Waals surface area contributed by atoms with E-state index in [2.05, 4.69) is 62.5 Å². The van der Waals surface area contributed by atoms with Gasteiger partial charge in [-0.05, 0) is 269 Å². The van der Waals surface area contributed by atoms with Gasteiger partial charge in [0.25, 0.3) is 0 Å². The Balaban J connectivity index is 0.000000149. The lowest BCUT2D eigenvalue weighted by molar-refractivity contribution is 0.0686.